The van der Waals surface area contributed by atoms with Gasteiger partial charge in [0.1, 0.15) is 23.8 Å². The fourth-order valence-corrected chi connectivity index (χ4v) is 2.88. The predicted molar refractivity (Wildman–Crippen MR) is 98.9 cm³/mol. The van der Waals surface area contributed by atoms with Crippen LogP contribution in [0.2, 0.25) is 0 Å². The van der Waals surface area contributed by atoms with Crippen molar-refractivity contribution in [1.82, 2.24) is 5.01 Å². The fourth-order valence-electron chi connectivity index (χ4n) is 2.88. The van der Waals surface area contributed by atoms with Crippen LogP contribution in [0, 0.1) is 0 Å². The molecule has 2 aromatic carbocycles. The van der Waals surface area contributed by atoms with Gasteiger partial charge in [-0.15, -0.1) is 0 Å². The Kier molecular flexibility index (Phi) is 6.25. The number of carbonyl (C=O) groups excluding carboxylic acids is 1. The Morgan fingerprint density at radius 2 is 1.87 bits per heavy atom. The van der Waals surface area contributed by atoms with Gasteiger partial charge in [0.2, 0.25) is 5.72 Å². The Hall–Kier alpha value is -3.14. The first-order valence-electron chi connectivity index (χ1n) is 8.81. The number of halogens is 4. The molecule has 0 spiro atoms. The minimum Gasteiger partial charge on any atom is -0.497 e. The summed E-state index contributed by atoms with van der Waals surface area (Å²) in [4.78, 5) is 12.7. The van der Waals surface area contributed by atoms with E-state index in [4.69, 9.17) is 9.47 Å². The van der Waals surface area contributed by atoms with E-state index in [0.29, 0.717) is 17.1 Å². The first kappa shape index (κ1) is 21.6. The predicted octanol–water partition coefficient (Wildman–Crippen LogP) is 3.69. The van der Waals surface area contributed by atoms with Crippen molar-refractivity contribution in [2.24, 2.45) is 5.10 Å². The number of rotatable bonds is 7. The molecule has 6 nitrogen and oxygen atoms in total. The lowest BCUT2D eigenvalue weighted by Gasteiger charge is -2.30. The van der Waals surface area contributed by atoms with Gasteiger partial charge in [-0.05, 0) is 29.8 Å². The maximum absolute atomic E-state index is 13.3. The molecular formula is C20H18F4N2O4. The van der Waals surface area contributed by atoms with E-state index in [2.05, 4.69) is 5.10 Å². The summed E-state index contributed by atoms with van der Waals surface area (Å²) < 4.78 is 63.2. The van der Waals surface area contributed by atoms with Crippen LogP contribution in [0.3, 0.4) is 0 Å². The number of nitrogens with zero attached hydrogens (tertiary/aromatic N) is 2. The maximum Gasteiger partial charge on any atom is 0.287 e. The van der Waals surface area contributed by atoms with Crippen LogP contribution in [0.25, 0.3) is 0 Å². The van der Waals surface area contributed by atoms with Crippen LogP contribution < -0.4 is 9.47 Å². The molecule has 30 heavy (non-hydrogen) atoms. The van der Waals surface area contributed by atoms with E-state index in [0.717, 1.165) is 0 Å². The molecule has 1 amide bonds. The van der Waals surface area contributed by atoms with E-state index in [1.54, 1.807) is 30.3 Å². The maximum atomic E-state index is 13.3. The minimum absolute atomic E-state index is 0.0290. The van der Waals surface area contributed by atoms with E-state index < -0.39 is 36.6 Å². The lowest BCUT2D eigenvalue weighted by atomic mass is 10.1. The second-order valence-corrected chi connectivity index (χ2v) is 6.53. The van der Waals surface area contributed by atoms with Gasteiger partial charge < -0.3 is 14.6 Å². The lowest BCUT2D eigenvalue weighted by molar-refractivity contribution is -0.164. The number of carbonyl (C=O) groups is 1. The highest BCUT2D eigenvalue weighted by Gasteiger charge is 2.53. The van der Waals surface area contributed by atoms with E-state index in [1.165, 1.54) is 25.3 Å². The quantitative estimate of drug-likeness (QED) is 0.686. The topological polar surface area (TPSA) is 71.4 Å². The molecule has 1 N–H and O–H groups in total. The molecule has 2 aromatic rings. The normalized spacial score (nSPS) is 18.7. The first-order valence-corrected chi connectivity index (χ1v) is 8.81. The molecule has 1 aliphatic rings. The number of alkyl halides is 4. The Morgan fingerprint density at radius 1 is 1.17 bits per heavy atom. The number of hydrogen-bond acceptors (Lipinski definition) is 5. The first-order chi connectivity index (χ1) is 14.2. The molecule has 0 unspecified atom stereocenters. The number of ether oxygens (including phenoxy) is 2. The smallest absolute Gasteiger partial charge is 0.287 e. The SMILES string of the molecule is COc1cccc(OCc2cccc(C(=O)N3N=C(C(F)F)C[C@]3(O)C(F)F)c2)c1. The molecular weight excluding hydrogens is 408 g/mol. The van der Waals surface area contributed by atoms with Gasteiger partial charge in [-0.2, -0.15) is 10.1 Å². The molecule has 3 rings (SSSR count). The number of amides is 1. The molecule has 1 aliphatic heterocycles. The number of benzene rings is 2. The summed E-state index contributed by atoms with van der Waals surface area (Å²) in [6.07, 6.45) is -7.79. The Labute approximate surface area is 169 Å². The minimum atomic E-state index is -3.49. The van der Waals surface area contributed by atoms with Gasteiger partial charge in [0.15, 0.2) is 0 Å². The van der Waals surface area contributed by atoms with Crippen LogP contribution >= 0.6 is 0 Å². The summed E-state index contributed by atoms with van der Waals surface area (Å²) in [5.41, 5.74) is -3.71. The highest BCUT2D eigenvalue weighted by atomic mass is 19.3. The van der Waals surface area contributed by atoms with Gasteiger partial charge >= 0.3 is 0 Å². The summed E-state index contributed by atoms with van der Waals surface area (Å²) in [5.74, 6) is -0.0370. The van der Waals surface area contributed by atoms with Crippen LogP contribution in [-0.4, -0.2) is 47.4 Å². The largest absolute Gasteiger partial charge is 0.497 e. The molecule has 0 bridgehead atoms. The van der Waals surface area contributed by atoms with Crippen molar-refractivity contribution in [3.8, 4) is 11.5 Å². The van der Waals surface area contributed by atoms with Gasteiger partial charge in [-0.25, -0.2) is 17.6 Å². The highest BCUT2D eigenvalue weighted by Crippen LogP contribution is 2.34. The third kappa shape index (κ3) is 4.38. The van der Waals surface area contributed by atoms with Crippen LogP contribution in [-0.2, 0) is 6.61 Å². The van der Waals surface area contributed by atoms with E-state index in [-0.39, 0.29) is 17.2 Å². The summed E-state index contributed by atoms with van der Waals surface area (Å²) in [5, 5.41) is 13.4. The van der Waals surface area contributed by atoms with Crippen LogP contribution in [0.1, 0.15) is 22.3 Å². The molecule has 0 aromatic heterocycles. The Balaban J connectivity index is 1.79. The molecule has 0 fully saturated rings. The second-order valence-electron chi connectivity index (χ2n) is 6.53. The van der Waals surface area contributed by atoms with Crippen molar-refractivity contribution in [3.05, 3.63) is 59.7 Å². The van der Waals surface area contributed by atoms with Crippen LogP contribution in [0.5, 0.6) is 11.5 Å². The van der Waals surface area contributed by atoms with E-state index in [9.17, 15) is 27.5 Å². The van der Waals surface area contributed by atoms with Crippen LogP contribution in [0.15, 0.2) is 53.6 Å². The van der Waals surface area contributed by atoms with Gasteiger partial charge in [-0.3, -0.25) is 4.79 Å². The average molecular weight is 426 g/mol. The van der Waals surface area contributed by atoms with Crippen molar-refractivity contribution in [2.45, 2.75) is 31.6 Å². The van der Waals surface area contributed by atoms with Crippen LogP contribution in [0.4, 0.5) is 17.6 Å². The summed E-state index contributed by atoms with van der Waals surface area (Å²) in [6, 6.07) is 12.6. The molecule has 0 saturated carbocycles. The van der Waals surface area contributed by atoms with Crippen molar-refractivity contribution in [3.63, 3.8) is 0 Å². The number of hydrogen-bond donors (Lipinski definition) is 1. The number of hydrazone groups is 1. The van der Waals surface area contributed by atoms with Gasteiger partial charge in [0.25, 0.3) is 18.8 Å². The molecule has 0 radical (unpaired) electrons. The molecule has 1 atom stereocenters. The summed E-state index contributed by atoms with van der Waals surface area (Å²) in [7, 11) is 1.51. The number of aliphatic hydroxyl groups is 1. The molecule has 160 valence electrons. The average Bonchev–Trinajstić information content (AvgIpc) is 3.11. The monoisotopic (exact) mass is 426 g/mol. The lowest BCUT2D eigenvalue weighted by Crippen LogP contribution is -2.51. The molecule has 0 saturated heterocycles. The highest BCUT2D eigenvalue weighted by molar-refractivity contribution is 5.99. The van der Waals surface area contributed by atoms with Crippen molar-refractivity contribution in [1.29, 1.82) is 0 Å². The molecule has 0 aliphatic carbocycles. The third-order valence-electron chi connectivity index (χ3n) is 4.45. The second kappa shape index (κ2) is 8.70. The summed E-state index contributed by atoms with van der Waals surface area (Å²) >= 11 is 0. The molecule has 10 heteroatoms. The Morgan fingerprint density at radius 3 is 2.53 bits per heavy atom. The molecule has 1 heterocycles. The zero-order chi connectivity index (χ0) is 21.9. The Bertz CT molecular complexity index is 954. The van der Waals surface area contributed by atoms with Gasteiger partial charge in [0, 0.05) is 18.1 Å². The van der Waals surface area contributed by atoms with Crippen molar-refractivity contribution >= 4 is 11.6 Å². The standard InChI is InChI=1S/C20H18F4N2O4/c1-29-14-6-3-7-15(9-14)30-11-12-4-2-5-13(8-12)18(27)26-20(28,19(23)24)10-16(25-26)17(21)22/h2-9,17,19,28H,10-11H2,1H3/t20-/m0/s1. The third-order valence-corrected chi connectivity index (χ3v) is 4.45. The summed E-state index contributed by atoms with van der Waals surface area (Å²) in [6.45, 7) is 0.0406. The van der Waals surface area contributed by atoms with E-state index in [1.807, 2.05) is 0 Å². The zero-order valence-corrected chi connectivity index (χ0v) is 15.8. The number of methoxy groups -OCH3 is 1. The van der Waals surface area contributed by atoms with Crippen molar-refractivity contribution in [2.75, 3.05) is 7.11 Å². The van der Waals surface area contributed by atoms with E-state index >= 15 is 0 Å². The fraction of sp³-hybridized carbons (Fsp3) is 0.300. The zero-order valence-electron chi connectivity index (χ0n) is 15.8. The van der Waals surface area contributed by atoms with Gasteiger partial charge in [0.05, 0.1) is 7.11 Å². The van der Waals surface area contributed by atoms with Crippen molar-refractivity contribution < 1.29 is 36.9 Å². The van der Waals surface area contributed by atoms with Gasteiger partial charge in [-0.1, -0.05) is 18.2 Å².